The molecule has 1 heterocycles. The van der Waals surface area contributed by atoms with E-state index in [4.69, 9.17) is 0 Å². The lowest BCUT2D eigenvalue weighted by Crippen LogP contribution is -2.27. The first kappa shape index (κ1) is 17.6. The number of aromatic nitrogens is 2. The Balaban J connectivity index is 1.66. The quantitative estimate of drug-likeness (QED) is 0.699. The molecule has 0 aliphatic heterocycles. The normalized spacial score (nSPS) is 11.6. The summed E-state index contributed by atoms with van der Waals surface area (Å²) in [6, 6.07) is 21.2. The van der Waals surface area contributed by atoms with Crippen molar-refractivity contribution in [1.29, 1.82) is 0 Å². The first-order valence-electron chi connectivity index (χ1n) is 8.72. The van der Waals surface area contributed by atoms with Gasteiger partial charge in [-0.25, -0.2) is 0 Å². The van der Waals surface area contributed by atoms with Crippen LogP contribution in [0.4, 0.5) is 11.5 Å². The molecule has 0 radical (unpaired) electrons. The third-order valence-corrected chi connectivity index (χ3v) is 4.21. The summed E-state index contributed by atoms with van der Waals surface area (Å²) in [4.78, 5) is 12.4. The van der Waals surface area contributed by atoms with Crippen LogP contribution in [0.25, 0.3) is 0 Å². The lowest BCUT2D eigenvalue weighted by molar-refractivity contribution is 0.0934. The molecule has 1 amide bonds. The minimum atomic E-state index is -0.241. The molecule has 0 aliphatic rings. The van der Waals surface area contributed by atoms with Crippen molar-refractivity contribution in [2.24, 2.45) is 0 Å². The van der Waals surface area contributed by atoms with Crippen molar-refractivity contribution in [3.63, 3.8) is 0 Å². The number of amides is 1. The molecule has 1 aromatic heterocycles. The highest BCUT2D eigenvalue weighted by molar-refractivity contribution is 5.92. The number of para-hydroxylation sites is 1. The van der Waals surface area contributed by atoms with E-state index in [2.05, 4.69) is 33.8 Å². The van der Waals surface area contributed by atoms with E-state index < -0.39 is 0 Å². The van der Waals surface area contributed by atoms with Gasteiger partial charge in [0.2, 0.25) is 0 Å². The molecule has 5 heteroatoms. The molecule has 0 bridgehead atoms. The average molecular weight is 346 g/mol. The van der Waals surface area contributed by atoms with Gasteiger partial charge in [0.15, 0.2) is 11.5 Å². The highest BCUT2D eigenvalue weighted by Gasteiger charge is 2.13. The van der Waals surface area contributed by atoms with Crippen molar-refractivity contribution < 1.29 is 4.79 Å². The summed E-state index contributed by atoms with van der Waals surface area (Å²) in [7, 11) is 0. The van der Waals surface area contributed by atoms with Crippen molar-refractivity contribution in [3.8, 4) is 0 Å². The van der Waals surface area contributed by atoms with Crippen molar-refractivity contribution >= 4 is 17.4 Å². The zero-order valence-electron chi connectivity index (χ0n) is 14.9. The van der Waals surface area contributed by atoms with Gasteiger partial charge >= 0.3 is 0 Å². The Morgan fingerprint density at radius 3 is 2.38 bits per heavy atom. The van der Waals surface area contributed by atoms with Crippen LogP contribution in [0.3, 0.4) is 0 Å². The highest BCUT2D eigenvalue weighted by Crippen LogP contribution is 2.19. The summed E-state index contributed by atoms with van der Waals surface area (Å²) < 4.78 is 0. The lowest BCUT2D eigenvalue weighted by atomic mass is 10.1. The van der Waals surface area contributed by atoms with Crippen LogP contribution in [0.5, 0.6) is 0 Å². The third-order valence-electron chi connectivity index (χ3n) is 4.21. The molecular formula is C21H22N4O. The first-order valence-corrected chi connectivity index (χ1v) is 8.72. The maximum atomic E-state index is 12.4. The van der Waals surface area contributed by atoms with E-state index in [0.717, 1.165) is 17.7 Å². The van der Waals surface area contributed by atoms with Crippen LogP contribution in [-0.4, -0.2) is 16.1 Å². The van der Waals surface area contributed by atoms with Gasteiger partial charge < -0.3 is 10.6 Å². The largest absolute Gasteiger partial charge is 0.344 e. The number of rotatable bonds is 6. The van der Waals surface area contributed by atoms with Crippen LogP contribution in [-0.2, 0) is 6.42 Å². The van der Waals surface area contributed by atoms with Gasteiger partial charge in [0.05, 0.1) is 6.04 Å². The van der Waals surface area contributed by atoms with E-state index in [-0.39, 0.29) is 11.9 Å². The summed E-state index contributed by atoms with van der Waals surface area (Å²) in [5.41, 5.74) is 3.54. The number of hydrogen-bond acceptors (Lipinski definition) is 4. The van der Waals surface area contributed by atoms with Crippen LogP contribution in [0.15, 0.2) is 66.7 Å². The number of hydrogen-bond donors (Lipinski definition) is 2. The Morgan fingerprint density at radius 2 is 1.69 bits per heavy atom. The number of anilines is 2. The van der Waals surface area contributed by atoms with E-state index >= 15 is 0 Å². The molecule has 0 saturated carbocycles. The van der Waals surface area contributed by atoms with Gasteiger partial charge in [0.1, 0.15) is 0 Å². The molecule has 132 valence electrons. The van der Waals surface area contributed by atoms with Gasteiger partial charge in [-0.2, -0.15) is 0 Å². The highest BCUT2D eigenvalue weighted by atomic mass is 16.2. The van der Waals surface area contributed by atoms with E-state index in [1.807, 2.05) is 55.5 Å². The molecule has 0 saturated heterocycles. The number of aryl methyl sites for hydroxylation is 1. The van der Waals surface area contributed by atoms with Crippen molar-refractivity contribution in [2.45, 2.75) is 26.3 Å². The van der Waals surface area contributed by atoms with Crippen LogP contribution >= 0.6 is 0 Å². The Kier molecular flexibility index (Phi) is 5.59. The number of carbonyl (C=O) groups excluding carboxylic acids is 1. The van der Waals surface area contributed by atoms with Gasteiger partial charge in [-0.3, -0.25) is 4.79 Å². The molecule has 1 unspecified atom stereocenters. The Morgan fingerprint density at radius 1 is 0.962 bits per heavy atom. The zero-order chi connectivity index (χ0) is 18.4. The number of nitrogens with zero attached hydrogens (tertiary/aromatic N) is 2. The summed E-state index contributed by atoms with van der Waals surface area (Å²) in [6.45, 7) is 4.05. The molecule has 5 nitrogen and oxygen atoms in total. The molecule has 1 atom stereocenters. The Bertz CT molecular complexity index is 863. The van der Waals surface area contributed by atoms with Crippen molar-refractivity contribution in [1.82, 2.24) is 15.5 Å². The first-order chi connectivity index (χ1) is 12.7. The van der Waals surface area contributed by atoms with E-state index in [0.29, 0.717) is 11.5 Å². The third kappa shape index (κ3) is 4.25. The fourth-order valence-corrected chi connectivity index (χ4v) is 2.70. The van der Waals surface area contributed by atoms with Gasteiger partial charge in [-0.05, 0) is 42.7 Å². The average Bonchev–Trinajstić information content (AvgIpc) is 2.69. The summed E-state index contributed by atoms with van der Waals surface area (Å²) >= 11 is 0. The minimum absolute atomic E-state index is 0.0975. The minimum Gasteiger partial charge on any atom is -0.344 e. The Labute approximate surface area is 153 Å². The predicted molar refractivity (Wildman–Crippen MR) is 103 cm³/mol. The molecule has 2 N–H and O–H groups in total. The SMILES string of the molecule is CCc1ccccc1Nc1ccc(C(=O)NC(C)c2ccccc2)nn1. The molecule has 0 aliphatic carbocycles. The van der Waals surface area contributed by atoms with Crippen LogP contribution in [0, 0.1) is 0 Å². The number of carbonyl (C=O) groups is 1. The molecule has 26 heavy (non-hydrogen) atoms. The van der Waals surface area contributed by atoms with Gasteiger partial charge in [-0.15, -0.1) is 10.2 Å². The maximum absolute atomic E-state index is 12.4. The number of nitrogens with one attached hydrogen (secondary N) is 2. The predicted octanol–water partition coefficient (Wildman–Crippen LogP) is 4.27. The molecule has 3 rings (SSSR count). The molecule has 2 aromatic carbocycles. The van der Waals surface area contributed by atoms with Crippen LogP contribution in [0.1, 0.15) is 41.5 Å². The van der Waals surface area contributed by atoms with E-state index in [9.17, 15) is 4.79 Å². The van der Waals surface area contributed by atoms with Crippen LogP contribution < -0.4 is 10.6 Å². The smallest absolute Gasteiger partial charge is 0.272 e. The monoisotopic (exact) mass is 346 g/mol. The number of benzene rings is 2. The van der Waals surface area contributed by atoms with E-state index in [1.54, 1.807) is 12.1 Å². The van der Waals surface area contributed by atoms with Gasteiger partial charge in [0, 0.05) is 5.69 Å². The fourth-order valence-electron chi connectivity index (χ4n) is 2.70. The lowest BCUT2D eigenvalue weighted by Gasteiger charge is -2.14. The zero-order valence-corrected chi connectivity index (χ0v) is 14.9. The molecule has 0 spiro atoms. The molecule has 3 aromatic rings. The molecular weight excluding hydrogens is 324 g/mol. The second-order valence-corrected chi connectivity index (χ2v) is 6.05. The second kappa shape index (κ2) is 8.25. The van der Waals surface area contributed by atoms with Crippen molar-refractivity contribution in [3.05, 3.63) is 83.6 Å². The summed E-state index contributed by atoms with van der Waals surface area (Å²) in [5, 5.41) is 14.4. The Hall–Kier alpha value is -3.21. The van der Waals surface area contributed by atoms with Crippen LogP contribution in [0.2, 0.25) is 0 Å². The van der Waals surface area contributed by atoms with Gasteiger partial charge in [0.25, 0.3) is 5.91 Å². The summed E-state index contributed by atoms with van der Waals surface area (Å²) in [5.74, 6) is 0.368. The summed E-state index contributed by atoms with van der Waals surface area (Å²) in [6.07, 6.45) is 0.925. The maximum Gasteiger partial charge on any atom is 0.272 e. The molecule has 0 fully saturated rings. The fraction of sp³-hybridized carbons (Fsp3) is 0.190. The van der Waals surface area contributed by atoms with Gasteiger partial charge in [-0.1, -0.05) is 55.5 Å². The standard InChI is InChI=1S/C21H22N4O/c1-3-16-9-7-8-12-18(16)23-20-14-13-19(24-25-20)21(26)22-15(2)17-10-5-4-6-11-17/h4-15H,3H2,1-2H3,(H,22,26)(H,23,25). The topological polar surface area (TPSA) is 66.9 Å². The van der Waals surface area contributed by atoms with E-state index in [1.165, 1.54) is 5.56 Å². The van der Waals surface area contributed by atoms with Crippen molar-refractivity contribution in [2.75, 3.05) is 5.32 Å². The second-order valence-electron chi connectivity index (χ2n) is 6.05.